The van der Waals surface area contributed by atoms with Crippen molar-refractivity contribution in [3.63, 3.8) is 0 Å². The molecule has 30 aromatic rings. The molecule has 0 N–H and O–H groups in total. The standard InChI is InChI=1S/C74H13NO3S/c1-11-7-9-13(10-8-11)79(76,77)75-72(12-5-3-2-4-6-12)78-74-70-64-58-48-36-28-20-16-14-15-18-22(20)30(36)40-34-26(18)27-19(15)23-21-17(14)25-24(16)32-38(28)46-52-42(32)43-33(25)39-29(21)37-31(23)41-35(27)45-44(34)56(50(40)58)66(70)67-57(45)51(41)59-49(37)55-47(39)53(43)61-60(52)68(62(64)54(46)48)73(74,75)69(61)63(55)65(59)71(67)74/h2-10,72H,1H3. The minimum Gasteiger partial charge on any atom is -0.339 e. The molecule has 30 aromatic carbocycles. The zero-order chi connectivity index (χ0) is 47.9. The minimum atomic E-state index is -4.39. The van der Waals surface area contributed by atoms with Crippen molar-refractivity contribution in [3.05, 3.63) is 88.0 Å². The molecule has 79 heavy (non-hydrogen) atoms. The monoisotopic (exact) mass is 995 g/mol. The summed E-state index contributed by atoms with van der Waals surface area (Å²) in [6.45, 7) is 2.07. The van der Waals surface area contributed by atoms with Crippen LogP contribution in [0.1, 0.15) is 39.6 Å². The molecule has 1 heterocycles. The largest absolute Gasteiger partial charge is 0.339 e. The predicted octanol–water partition coefficient (Wildman–Crippen LogP) is 18.9. The molecule has 1 unspecified atom stereocenters. The van der Waals surface area contributed by atoms with Gasteiger partial charge in [0.15, 0.2) is 11.8 Å². The quantitative estimate of drug-likeness (QED) is 0.166. The third-order valence-electron chi connectivity index (χ3n) is 26.7. The number of benzene rings is 20. The van der Waals surface area contributed by atoms with Gasteiger partial charge in [-0.05, 0) is 327 Å². The van der Waals surface area contributed by atoms with Crippen LogP contribution < -0.4 is 0 Å². The number of ether oxygens (including phenoxy) is 1. The van der Waals surface area contributed by atoms with Crippen molar-refractivity contribution in [1.82, 2.24) is 4.31 Å². The van der Waals surface area contributed by atoms with E-state index in [1.165, 1.54) is 248 Å². The third kappa shape index (κ3) is 1.80. The van der Waals surface area contributed by atoms with Crippen molar-refractivity contribution in [1.29, 1.82) is 0 Å². The molecule has 5 heteroatoms. The van der Waals surface area contributed by atoms with Crippen molar-refractivity contribution in [3.8, 4) is 0 Å². The van der Waals surface area contributed by atoms with E-state index in [-0.39, 0.29) is 0 Å². The third-order valence-corrected chi connectivity index (χ3v) is 28.5. The summed E-state index contributed by atoms with van der Waals surface area (Å²) < 4.78 is 45.9. The van der Waals surface area contributed by atoms with E-state index in [4.69, 9.17) is 4.74 Å². The highest BCUT2D eigenvalue weighted by Gasteiger charge is 2.79. The van der Waals surface area contributed by atoms with Crippen LogP contribution in [0, 0.1) is 6.92 Å². The summed E-state index contributed by atoms with van der Waals surface area (Å²) in [6.07, 6.45) is -0.938. The highest BCUT2D eigenvalue weighted by molar-refractivity contribution is 7.89. The molecule has 0 radical (unpaired) electrons. The van der Waals surface area contributed by atoms with Crippen LogP contribution in [0.4, 0.5) is 0 Å². The van der Waals surface area contributed by atoms with Crippen LogP contribution in [-0.2, 0) is 25.9 Å². The Kier molecular flexibility index (Phi) is 2.89. The maximum atomic E-state index is 17.5. The summed E-state index contributed by atoms with van der Waals surface area (Å²) in [7, 11) is -4.39. The summed E-state index contributed by atoms with van der Waals surface area (Å²) >= 11 is 0. The Hall–Kier alpha value is -9.23. The lowest BCUT2D eigenvalue weighted by Gasteiger charge is -2.50. The van der Waals surface area contributed by atoms with Gasteiger partial charge < -0.3 is 4.74 Å². The minimum absolute atomic E-state index is 0.331. The Labute approximate surface area is 432 Å². The fourth-order valence-corrected chi connectivity index (χ4v) is 27.9. The van der Waals surface area contributed by atoms with Crippen molar-refractivity contribution < 1.29 is 13.2 Å². The van der Waals surface area contributed by atoms with E-state index in [9.17, 15) is 0 Å². The highest BCUT2D eigenvalue weighted by Crippen LogP contribution is 2.87. The Morgan fingerprint density at radius 2 is 0.532 bits per heavy atom. The number of rotatable bonds is 3. The second-order valence-corrected chi connectivity index (χ2v) is 29.5. The average Bonchev–Trinajstić information content (AvgIpc) is 1.40. The molecule has 0 saturated carbocycles. The molecule has 4 aliphatic carbocycles. The molecule has 1 atom stereocenters. The summed E-state index contributed by atoms with van der Waals surface area (Å²) in [4.78, 5) is 0.331. The van der Waals surface area contributed by atoms with Gasteiger partial charge in [0.25, 0.3) is 0 Å². The van der Waals surface area contributed by atoms with E-state index >= 15 is 8.42 Å². The van der Waals surface area contributed by atoms with Crippen LogP contribution in [0.2, 0.25) is 0 Å². The van der Waals surface area contributed by atoms with Gasteiger partial charge in [0.1, 0.15) is 5.54 Å². The summed E-state index contributed by atoms with van der Waals surface area (Å²) in [5.41, 5.74) is 4.43. The van der Waals surface area contributed by atoms with E-state index in [2.05, 4.69) is 41.6 Å². The van der Waals surface area contributed by atoms with Gasteiger partial charge in [0.05, 0.1) is 4.90 Å². The van der Waals surface area contributed by atoms with Gasteiger partial charge in [0, 0.05) is 11.1 Å². The lowest BCUT2D eigenvalue weighted by Crippen LogP contribution is -2.57. The maximum absolute atomic E-state index is 17.5. The number of nitrogens with zero attached hydrogens (tertiary/aromatic N) is 1. The van der Waals surface area contributed by atoms with Crippen LogP contribution in [0.15, 0.2) is 59.5 Å². The van der Waals surface area contributed by atoms with Gasteiger partial charge in [0.2, 0.25) is 10.0 Å². The van der Waals surface area contributed by atoms with Crippen molar-refractivity contribution in [2.75, 3.05) is 0 Å². The Bertz CT molecular complexity index is 7900. The Balaban J connectivity index is 1.07. The van der Waals surface area contributed by atoms with Gasteiger partial charge in [-0.15, -0.1) is 4.31 Å². The first kappa shape index (κ1) is 31.2. The lowest BCUT2D eigenvalue weighted by atomic mass is 9.60. The van der Waals surface area contributed by atoms with Crippen LogP contribution in [0.3, 0.4) is 0 Å². The van der Waals surface area contributed by atoms with Gasteiger partial charge in [-0.2, -0.15) is 0 Å². The SMILES string of the molecule is Cc1ccc(S(=O)(=O)N2C(c3ccccc3)OC34c5c6c7c8c9c%10c(c%11c%12c3c3c5c5c%13c6c6c7c7c9c9c%14c%10c%10c%11c%11c%12c%12c3c3c5c5c%13c%13c6c6c7c9c7c9c%14c%10c%10c%11c%11c%12c3c3c5c5c%13c6c7c6c9c%10c%11c3c56)C824)cc1. The van der Waals surface area contributed by atoms with Crippen molar-refractivity contribution in [2.24, 2.45) is 0 Å². The second kappa shape index (κ2) is 7.32. The van der Waals surface area contributed by atoms with Gasteiger partial charge in [-0.1, -0.05) is 48.0 Å². The Morgan fingerprint density at radius 3 is 0.785 bits per heavy atom. The van der Waals surface area contributed by atoms with Gasteiger partial charge >= 0.3 is 0 Å². The lowest BCUT2D eigenvalue weighted by molar-refractivity contribution is -0.0358. The van der Waals surface area contributed by atoms with E-state index in [1.54, 1.807) is 64.6 Å². The molecule has 0 amide bonds. The average molecular weight is 996 g/mol. The summed E-state index contributed by atoms with van der Waals surface area (Å²) in [6, 6.07) is 18.4. The molecule has 338 valence electrons. The zero-order valence-electron chi connectivity index (χ0n) is 40.4. The van der Waals surface area contributed by atoms with Crippen LogP contribution >= 0.6 is 0 Å². The number of sulfonamides is 1. The molecule has 4 nitrogen and oxygen atoms in total. The Morgan fingerprint density at radius 1 is 0.304 bits per heavy atom. The van der Waals surface area contributed by atoms with Crippen LogP contribution in [-0.4, -0.2) is 12.7 Å². The maximum Gasteiger partial charge on any atom is 0.246 e. The summed E-state index contributed by atoms with van der Waals surface area (Å²) in [5.74, 6) is 0. The predicted molar refractivity (Wildman–Crippen MR) is 324 cm³/mol. The first-order valence-electron chi connectivity index (χ1n) is 28.7. The first-order valence-corrected chi connectivity index (χ1v) is 30.1. The van der Waals surface area contributed by atoms with Gasteiger partial charge in [-0.25, -0.2) is 8.42 Å². The highest BCUT2D eigenvalue weighted by atomic mass is 32.2. The molecule has 1 aliphatic heterocycles. The molecular formula is C74H13NO3S. The fraction of sp³-hybridized carbons (Fsp3) is 0.0541. The summed E-state index contributed by atoms with van der Waals surface area (Å²) in [5, 5.41) is 80.1. The molecule has 35 rings (SSSR count). The molecule has 1 saturated heterocycles. The van der Waals surface area contributed by atoms with E-state index in [1.807, 2.05) is 24.3 Å². The normalized spacial score (nSPS) is 22.7. The topological polar surface area (TPSA) is 46.6 Å². The molecule has 1 fully saturated rings. The first-order chi connectivity index (χ1) is 39.1. The van der Waals surface area contributed by atoms with Crippen molar-refractivity contribution >= 4 is 301 Å². The van der Waals surface area contributed by atoms with Crippen LogP contribution in [0.25, 0.3) is 291 Å². The molecule has 2 spiro atoms. The second-order valence-electron chi connectivity index (χ2n) is 27.6. The number of hydrogen-bond donors (Lipinski definition) is 0. The van der Waals surface area contributed by atoms with E-state index in [0.29, 0.717) is 4.90 Å². The molecule has 0 aromatic heterocycles. The number of hydrogen-bond acceptors (Lipinski definition) is 3. The van der Waals surface area contributed by atoms with Gasteiger partial charge in [-0.3, -0.25) is 0 Å². The number of aryl methyl sites for hydroxylation is 1. The molecule has 0 bridgehead atoms. The van der Waals surface area contributed by atoms with Crippen LogP contribution in [0.5, 0.6) is 0 Å². The molecular weight excluding hydrogens is 983 g/mol. The van der Waals surface area contributed by atoms with Crippen molar-refractivity contribution in [2.45, 2.75) is 29.2 Å². The van der Waals surface area contributed by atoms with E-state index in [0.717, 1.165) is 11.1 Å². The fourth-order valence-electron chi connectivity index (χ4n) is 26.1. The molecule has 5 aliphatic rings. The van der Waals surface area contributed by atoms with E-state index < -0.39 is 27.4 Å². The zero-order valence-corrected chi connectivity index (χ0v) is 41.2. The smallest absolute Gasteiger partial charge is 0.246 e.